The fourth-order valence-electron chi connectivity index (χ4n) is 1.89. The molecule has 0 aliphatic carbocycles. The van der Waals surface area contributed by atoms with Crippen LogP contribution >= 0.6 is 0 Å². The fourth-order valence-corrected chi connectivity index (χ4v) is 1.89. The van der Waals surface area contributed by atoms with Gasteiger partial charge in [-0.05, 0) is 25.5 Å². The summed E-state index contributed by atoms with van der Waals surface area (Å²) in [5, 5.41) is 0. The second kappa shape index (κ2) is 5.78. The third-order valence-corrected chi connectivity index (χ3v) is 2.97. The van der Waals surface area contributed by atoms with Gasteiger partial charge in [0.05, 0.1) is 24.3 Å². The van der Waals surface area contributed by atoms with Crippen molar-refractivity contribution in [3.05, 3.63) is 47.8 Å². The van der Waals surface area contributed by atoms with Crippen LogP contribution < -0.4 is 5.73 Å². The predicted octanol–water partition coefficient (Wildman–Crippen LogP) is 1.91. The molecular weight excluding hydrogens is 224 g/mol. The molecule has 0 bridgehead atoms. The third-order valence-electron chi connectivity index (χ3n) is 2.97. The van der Waals surface area contributed by atoms with E-state index in [4.69, 9.17) is 5.73 Å². The average molecular weight is 244 g/mol. The van der Waals surface area contributed by atoms with Crippen molar-refractivity contribution in [2.75, 3.05) is 0 Å². The van der Waals surface area contributed by atoms with E-state index in [1.54, 1.807) is 0 Å². The van der Waals surface area contributed by atoms with Gasteiger partial charge in [-0.3, -0.25) is 4.98 Å². The Hall–Kier alpha value is -1.68. The van der Waals surface area contributed by atoms with Crippen LogP contribution in [0.4, 0.5) is 0 Å². The van der Waals surface area contributed by atoms with Gasteiger partial charge in [0, 0.05) is 24.4 Å². The molecule has 2 N–H and O–H groups in total. The Morgan fingerprint density at radius 3 is 2.89 bits per heavy atom. The molecule has 0 saturated heterocycles. The van der Waals surface area contributed by atoms with Gasteiger partial charge >= 0.3 is 0 Å². The fraction of sp³-hybridized carbons (Fsp3) is 0.429. The van der Waals surface area contributed by atoms with Gasteiger partial charge in [-0.2, -0.15) is 0 Å². The maximum absolute atomic E-state index is 5.93. The van der Waals surface area contributed by atoms with E-state index in [2.05, 4.69) is 27.7 Å². The molecule has 2 rings (SSSR count). The SMILES string of the molecule is CCC(N)Cc1cn(Cc2cccc(C)n2)cn1. The van der Waals surface area contributed by atoms with Crippen molar-refractivity contribution in [3.8, 4) is 0 Å². The number of imidazole rings is 1. The lowest BCUT2D eigenvalue weighted by Gasteiger charge is -2.05. The average Bonchev–Trinajstić information content (AvgIpc) is 2.76. The Balaban J connectivity index is 2.02. The molecule has 0 aliphatic heterocycles. The minimum absolute atomic E-state index is 0.199. The smallest absolute Gasteiger partial charge is 0.0953 e. The van der Waals surface area contributed by atoms with Gasteiger partial charge in [0.2, 0.25) is 0 Å². The van der Waals surface area contributed by atoms with Gasteiger partial charge in [-0.1, -0.05) is 13.0 Å². The third kappa shape index (κ3) is 3.40. The van der Waals surface area contributed by atoms with Crippen molar-refractivity contribution < 1.29 is 0 Å². The summed E-state index contributed by atoms with van der Waals surface area (Å²) in [6.45, 7) is 4.86. The summed E-state index contributed by atoms with van der Waals surface area (Å²) < 4.78 is 2.06. The van der Waals surface area contributed by atoms with Crippen molar-refractivity contribution in [3.63, 3.8) is 0 Å². The van der Waals surface area contributed by atoms with E-state index >= 15 is 0 Å². The van der Waals surface area contributed by atoms with Crippen LogP contribution in [0.2, 0.25) is 0 Å². The van der Waals surface area contributed by atoms with Crippen LogP contribution in [0.3, 0.4) is 0 Å². The van der Waals surface area contributed by atoms with Gasteiger partial charge in [0.25, 0.3) is 0 Å². The Bertz CT molecular complexity index is 504. The molecule has 18 heavy (non-hydrogen) atoms. The molecule has 0 radical (unpaired) electrons. The molecular formula is C14H20N4. The van der Waals surface area contributed by atoms with E-state index in [0.29, 0.717) is 0 Å². The molecule has 0 amide bonds. The molecule has 4 nitrogen and oxygen atoms in total. The van der Waals surface area contributed by atoms with Crippen LogP contribution in [0, 0.1) is 6.92 Å². The van der Waals surface area contributed by atoms with Crippen LogP contribution in [0.15, 0.2) is 30.7 Å². The minimum Gasteiger partial charge on any atom is -0.331 e. The van der Waals surface area contributed by atoms with Crippen LogP contribution in [0.5, 0.6) is 0 Å². The summed E-state index contributed by atoms with van der Waals surface area (Å²) in [6.07, 6.45) is 5.72. The molecule has 2 aromatic rings. The first kappa shape index (κ1) is 12.8. The minimum atomic E-state index is 0.199. The highest BCUT2D eigenvalue weighted by Gasteiger charge is 2.05. The van der Waals surface area contributed by atoms with Crippen LogP contribution in [-0.2, 0) is 13.0 Å². The monoisotopic (exact) mass is 244 g/mol. The molecule has 4 heteroatoms. The summed E-state index contributed by atoms with van der Waals surface area (Å²) >= 11 is 0. The molecule has 0 fully saturated rings. The second-order valence-electron chi connectivity index (χ2n) is 4.68. The Labute approximate surface area is 108 Å². The maximum atomic E-state index is 5.93. The molecule has 0 aromatic carbocycles. The number of hydrogen-bond acceptors (Lipinski definition) is 3. The van der Waals surface area contributed by atoms with E-state index in [9.17, 15) is 0 Å². The van der Waals surface area contributed by atoms with Crippen molar-refractivity contribution in [2.45, 2.75) is 39.3 Å². The normalized spacial score (nSPS) is 12.6. The second-order valence-corrected chi connectivity index (χ2v) is 4.68. The summed E-state index contributed by atoms with van der Waals surface area (Å²) in [7, 11) is 0. The van der Waals surface area contributed by atoms with Crippen LogP contribution in [-0.4, -0.2) is 20.6 Å². The first-order valence-electron chi connectivity index (χ1n) is 6.36. The lowest BCUT2D eigenvalue weighted by atomic mass is 10.1. The Morgan fingerprint density at radius 1 is 1.33 bits per heavy atom. The number of rotatable bonds is 5. The Kier molecular flexibility index (Phi) is 4.10. The number of aryl methyl sites for hydroxylation is 1. The molecule has 2 heterocycles. The molecule has 2 aromatic heterocycles. The first-order valence-corrected chi connectivity index (χ1v) is 6.36. The van der Waals surface area contributed by atoms with Gasteiger partial charge in [0.1, 0.15) is 0 Å². The van der Waals surface area contributed by atoms with Gasteiger partial charge < -0.3 is 10.3 Å². The van der Waals surface area contributed by atoms with Crippen molar-refractivity contribution in [1.82, 2.24) is 14.5 Å². The zero-order valence-electron chi connectivity index (χ0n) is 11.0. The van der Waals surface area contributed by atoms with Gasteiger partial charge in [-0.25, -0.2) is 4.98 Å². The lowest BCUT2D eigenvalue weighted by Crippen LogP contribution is -2.21. The molecule has 0 saturated carbocycles. The van der Waals surface area contributed by atoms with Crippen molar-refractivity contribution >= 4 is 0 Å². The lowest BCUT2D eigenvalue weighted by molar-refractivity contribution is 0.638. The van der Waals surface area contributed by atoms with E-state index in [-0.39, 0.29) is 6.04 Å². The van der Waals surface area contributed by atoms with E-state index in [1.807, 2.05) is 31.5 Å². The number of aromatic nitrogens is 3. The quantitative estimate of drug-likeness (QED) is 0.874. The summed E-state index contributed by atoms with van der Waals surface area (Å²) in [5.74, 6) is 0. The largest absolute Gasteiger partial charge is 0.331 e. The summed E-state index contributed by atoms with van der Waals surface area (Å²) in [4.78, 5) is 8.86. The molecule has 1 unspecified atom stereocenters. The van der Waals surface area contributed by atoms with Crippen LogP contribution in [0.1, 0.15) is 30.4 Å². The van der Waals surface area contributed by atoms with E-state index in [0.717, 1.165) is 36.5 Å². The van der Waals surface area contributed by atoms with Crippen LogP contribution in [0.25, 0.3) is 0 Å². The topological polar surface area (TPSA) is 56.7 Å². The maximum Gasteiger partial charge on any atom is 0.0953 e. The highest BCUT2D eigenvalue weighted by atomic mass is 15.0. The highest BCUT2D eigenvalue weighted by Crippen LogP contribution is 2.05. The number of hydrogen-bond donors (Lipinski definition) is 1. The molecule has 0 spiro atoms. The number of pyridine rings is 1. The summed E-state index contributed by atoms with van der Waals surface area (Å²) in [6, 6.07) is 6.27. The number of nitrogens with zero attached hydrogens (tertiary/aromatic N) is 3. The number of nitrogens with two attached hydrogens (primary N) is 1. The first-order chi connectivity index (χ1) is 8.67. The molecule has 1 atom stereocenters. The van der Waals surface area contributed by atoms with E-state index in [1.165, 1.54) is 0 Å². The zero-order valence-corrected chi connectivity index (χ0v) is 11.0. The zero-order chi connectivity index (χ0) is 13.0. The Morgan fingerprint density at radius 2 is 2.17 bits per heavy atom. The van der Waals surface area contributed by atoms with Crippen molar-refractivity contribution in [1.29, 1.82) is 0 Å². The molecule has 0 aliphatic rings. The summed E-state index contributed by atoms with van der Waals surface area (Å²) in [5.41, 5.74) is 9.07. The predicted molar refractivity (Wildman–Crippen MR) is 72.3 cm³/mol. The highest BCUT2D eigenvalue weighted by molar-refractivity contribution is 5.11. The van der Waals surface area contributed by atoms with Crippen molar-refractivity contribution in [2.24, 2.45) is 5.73 Å². The van der Waals surface area contributed by atoms with Gasteiger partial charge in [0.15, 0.2) is 0 Å². The van der Waals surface area contributed by atoms with E-state index < -0.39 is 0 Å². The molecule has 96 valence electrons. The standard InChI is InChI=1S/C14H20N4/c1-3-12(15)7-14-9-18(10-16-14)8-13-6-4-5-11(2)17-13/h4-6,9-10,12H,3,7-8,15H2,1-2H3. The van der Waals surface area contributed by atoms with Gasteiger partial charge in [-0.15, -0.1) is 0 Å².